The number of carbonyl (C=O) groups excluding carboxylic acids is 2. The second kappa shape index (κ2) is 7.54. The van der Waals surface area contributed by atoms with Gasteiger partial charge in [-0.25, -0.2) is 4.98 Å². The predicted molar refractivity (Wildman–Crippen MR) is 83.2 cm³/mol. The Kier molecular flexibility index (Phi) is 5.73. The fourth-order valence-electron chi connectivity index (χ4n) is 2.59. The van der Waals surface area contributed by atoms with Crippen LogP contribution in [0, 0.1) is 12.8 Å². The summed E-state index contributed by atoms with van der Waals surface area (Å²) in [5, 5.41) is 6.16. The van der Waals surface area contributed by atoms with Gasteiger partial charge >= 0.3 is 0 Å². The molecule has 21 heavy (non-hydrogen) atoms. The molecule has 5 nitrogen and oxygen atoms in total. The summed E-state index contributed by atoms with van der Waals surface area (Å²) in [6.45, 7) is 5.57. The first-order chi connectivity index (χ1) is 10.1. The van der Waals surface area contributed by atoms with Crippen molar-refractivity contribution in [2.75, 3.05) is 19.6 Å². The third-order valence-corrected chi connectivity index (χ3v) is 4.80. The van der Waals surface area contributed by atoms with Gasteiger partial charge < -0.3 is 10.2 Å². The third kappa shape index (κ3) is 4.81. The normalized spacial score (nSPS) is 18.6. The number of amides is 2. The quantitative estimate of drug-likeness (QED) is 0.843. The van der Waals surface area contributed by atoms with E-state index < -0.39 is 0 Å². The van der Waals surface area contributed by atoms with Gasteiger partial charge in [0.25, 0.3) is 0 Å². The molecule has 0 aliphatic carbocycles. The van der Waals surface area contributed by atoms with Gasteiger partial charge in [-0.1, -0.05) is 0 Å². The first-order valence-corrected chi connectivity index (χ1v) is 8.38. The molecule has 1 aromatic heterocycles. The summed E-state index contributed by atoms with van der Waals surface area (Å²) >= 11 is 1.67. The summed E-state index contributed by atoms with van der Waals surface area (Å²) < 4.78 is 0. The Morgan fingerprint density at radius 3 is 3.00 bits per heavy atom. The molecule has 0 aromatic carbocycles. The van der Waals surface area contributed by atoms with E-state index in [1.807, 2.05) is 12.3 Å². The second-order valence-corrected chi connectivity index (χ2v) is 6.52. The molecule has 2 heterocycles. The number of nitrogens with one attached hydrogen (secondary N) is 1. The number of hydrogen-bond acceptors (Lipinski definition) is 4. The highest BCUT2D eigenvalue weighted by atomic mass is 32.1. The number of piperidine rings is 1. The summed E-state index contributed by atoms with van der Waals surface area (Å²) in [4.78, 5) is 29.7. The van der Waals surface area contributed by atoms with Crippen LogP contribution in [0.2, 0.25) is 0 Å². The van der Waals surface area contributed by atoms with Crippen LogP contribution in [-0.4, -0.2) is 41.3 Å². The van der Waals surface area contributed by atoms with E-state index in [1.54, 1.807) is 23.2 Å². The molecule has 1 N–H and O–H groups in total. The minimum atomic E-state index is -0.0512. The molecule has 1 aliphatic heterocycles. The van der Waals surface area contributed by atoms with E-state index in [2.05, 4.69) is 10.3 Å². The Labute approximate surface area is 129 Å². The van der Waals surface area contributed by atoms with Gasteiger partial charge in [-0.2, -0.15) is 0 Å². The van der Waals surface area contributed by atoms with Crippen LogP contribution in [0.15, 0.2) is 5.38 Å². The van der Waals surface area contributed by atoms with Crippen LogP contribution >= 0.6 is 11.3 Å². The molecule has 0 spiro atoms. The Bertz CT molecular complexity index is 501. The number of likely N-dealkylation sites (tertiary alicyclic amines) is 1. The predicted octanol–water partition coefficient (Wildman–Crippen LogP) is 1.76. The molecule has 116 valence electrons. The van der Waals surface area contributed by atoms with E-state index in [1.165, 1.54) is 0 Å². The molecular weight excluding hydrogens is 286 g/mol. The minimum Gasteiger partial charge on any atom is -0.356 e. The molecule has 1 atom stereocenters. The van der Waals surface area contributed by atoms with E-state index >= 15 is 0 Å². The van der Waals surface area contributed by atoms with Gasteiger partial charge in [-0.3, -0.25) is 9.59 Å². The van der Waals surface area contributed by atoms with E-state index in [0.29, 0.717) is 13.1 Å². The highest BCUT2D eigenvalue weighted by molar-refractivity contribution is 7.09. The Morgan fingerprint density at radius 2 is 2.33 bits per heavy atom. The van der Waals surface area contributed by atoms with Crippen LogP contribution in [0.4, 0.5) is 0 Å². The number of nitrogens with zero attached hydrogens (tertiary/aromatic N) is 2. The van der Waals surface area contributed by atoms with Gasteiger partial charge in [0.1, 0.15) is 0 Å². The molecule has 1 fully saturated rings. The van der Waals surface area contributed by atoms with E-state index in [9.17, 15) is 9.59 Å². The Hall–Kier alpha value is -1.43. The lowest BCUT2D eigenvalue weighted by Gasteiger charge is -2.31. The van der Waals surface area contributed by atoms with Crippen molar-refractivity contribution in [3.05, 3.63) is 16.1 Å². The molecule has 0 radical (unpaired) electrons. The zero-order chi connectivity index (χ0) is 15.2. The van der Waals surface area contributed by atoms with Gasteiger partial charge in [0.15, 0.2) is 0 Å². The Balaban J connectivity index is 1.68. The van der Waals surface area contributed by atoms with Crippen molar-refractivity contribution < 1.29 is 9.59 Å². The number of aryl methyl sites for hydroxylation is 2. The van der Waals surface area contributed by atoms with Crippen molar-refractivity contribution >= 4 is 23.2 Å². The average Bonchev–Trinajstić information content (AvgIpc) is 2.89. The van der Waals surface area contributed by atoms with E-state index in [0.717, 1.165) is 42.9 Å². The average molecular weight is 309 g/mol. The third-order valence-electron chi connectivity index (χ3n) is 3.77. The maximum Gasteiger partial charge on any atom is 0.224 e. The molecule has 6 heteroatoms. The van der Waals surface area contributed by atoms with Crippen molar-refractivity contribution in [1.82, 2.24) is 15.2 Å². The number of carbonyl (C=O) groups is 2. The number of hydrogen-bond donors (Lipinski definition) is 1. The maximum atomic E-state index is 12.1. The van der Waals surface area contributed by atoms with Gasteiger partial charge in [0, 0.05) is 44.1 Å². The molecule has 0 saturated carbocycles. The molecule has 2 amide bonds. The zero-order valence-corrected chi connectivity index (χ0v) is 13.5. The lowest BCUT2D eigenvalue weighted by molar-refractivity contribution is -0.133. The number of aromatic nitrogens is 1. The summed E-state index contributed by atoms with van der Waals surface area (Å²) in [7, 11) is 0. The standard InChI is InChI=1S/C15H23N3O2S/c1-11-10-21-14(17-11)6-3-7-16-15(20)13-5-4-8-18(9-13)12(2)19/h10,13H,3-9H2,1-2H3,(H,16,20)/t13-/m1/s1. The van der Waals surface area contributed by atoms with Crippen LogP contribution in [-0.2, 0) is 16.0 Å². The van der Waals surface area contributed by atoms with Crippen molar-refractivity contribution in [3.63, 3.8) is 0 Å². The summed E-state index contributed by atoms with van der Waals surface area (Å²) in [6.07, 6.45) is 3.60. The molecule has 0 unspecified atom stereocenters. The minimum absolute atomic E-state index is 0.0512. The van der Waals surface area contributed by atoms with Crippen molar-refractivity contribution in [1.29, 1.82) is 0 Å². The monoisotopic (exact) mass is 309 g/mol. The van der Waals surface area contributed by atoms with Crippen molar-refractivity contribution in [2.24, 2.45) is 5.92 Å². The zero-order valence-electron chi connectivity index (χ0n) is 12.7. The highest BCUT2D eigenvalue weighted by Crippen LogP contribution is 2.16. The largest absolute Gasteiger partial charge is 0.356 e. The second-order valence-electron chi connectivity index (χ2n) is 5.58. The molecule has 0 bridgehead atoms. The van der Waals surface area contributed by atoms with Gasteiger partial charge in [-0.05, 0) is 26.2 Å². The van der Waals surface area contributed by atoms with E-state index in [-0.39, 0.29) is 17.7 Å². The SMILES string of the molecule is CC(=O)N1CCC[C@@H](C(=O)NCCCc2nc(C)cs2)C1. The smallest absolute Gasteiger partial charge is 0.224 e. The first-order valence-electron chi connectivity index (χ1n) is 7.50. The van der Waals surface area contributed by atoms with Crippen molar-refractivity contribution in [3.8, 4) is 0 Å². The topological polar surface area (TPSA) is 62.3 Å². The van der Waals surface area contributed by atoms with Crippen molar-refractivity contribution in [2.45, 2.75) is 39.5 Å². The van der Waals surface area contributed by atoms with Crippen LogP contribution in [0.5, 0.6) is 0 Å². The molecule has 1 aliphatic rings. The summed E-state index contributed by atoms with van der Waals surface area (Å²) in [5.41, 5.74) is 1.06. The maximum absolute atomic E-state index is 12.1. The fraction of sp³-hybridized carbons (Fsp3) is 0.667. The van der Waals surface area contributed by atoms with Gasteiger partial charge in [0.05, 0.1) is 10.9 Å². The van der Waals surface area contributed by atoms with E-state index in [4.69, 9.17) is 0 Å². The lowest BCUT2D eigenvalue weighted by atomic mass is 9.97. The first kappa shape index (κ1) is 15.9. The summed E-state index contributed by atoms with van der Waals surface area (Å²) in [5.74, 6) is 0.0904. The number of thiazole rings is 1. The Morgan fingerprint density at radius 1 is 1.52 bits per heavy atom. The van der Waals surface area contributed by atoms with Gasteiger partial charge in [0.2, 0.25) is 11.8 Å². The van der Waals surface area contributed by atoms with Crippen LogP contribution in [0.1, 0.15) is 36.9 Å². The number of rotatable bonds is 5. The molecule has 1 saturated heterocycles. The van der Waals surface area contributed by atoms with Crippen LogP contribution in [0.3, 0.4) is 0 Å². The lowest BCUT2D eigenvalue weighted by Crippen LogP contribution is -2.44. The van der Waals surface area contributed by atoms with Crippen LogP contribution in [0.25, 0.3) is 0 Å². The highest BCUT2D eigenvalue weighted by Gasteiger charge is 2.26. The molecule has 2 rings (SSSR count). The molecule has 1 aromatic rings. The molecular formula is C15H23N3O2S. The summed E-state index contributed by atoms with van der Waals surface area (Å²) in [6, 6.07) is 0. The fourth-order valence-corrected chi connectivity index (χ4v) is 3.41. The van der Waals surface area contributed by atoms with Gasteiger partial charge in [-0.15, -0.1) is 11.3 Å². The van der Waals surface area contributed by atoms with Crippen LogP contribution < -0.4 is 5.32 Å².